The van der Waals surface area contributed by atoms with E-state index in [1.54, 1.807) is 29.2 Å². The molecule has 8 nitrogen and oxygen atoms in total. The quantitative estimate of drug-likeness (QED) is 0.784. The van der Waals surface area contributed by atoms with Crippen molar-refractivity contribution in [2.75, 3.05) is 12.4 Å². The number of carbonyl (C=O) groups is 1. The summed E-state index contributed by atoms with van der Waals surface area (Å²) in [5, 5.41) is 15.6. The SMILES string of the molecule is COc1ccc(-n2nc(C)c3c2NC(=O)C[C@@H]3c2ccncc2)nn1. The highest BCUT2D eigenvalue weighted by molar-refractivity contribution is 5.95. The summed E-state index contributed by atoms with van der Waals surface area (Å²) in [6.07, 6.45) is 3.84. The van der Waals surface area contributed by atoms with Crippen LogP contribution in [0, 0.1) is 6.92 Å². The van der Waals surface area contributed by atoms with Crippen LogP contribution in [-0.2, 0) is 4.79 Å². The lowest BCUT2D eigenvalue weighted by atomic mass is 9.86. The minimum atomic E-state index is -0.0632. The van der Waals surface area contributed by atoms with Crippen molar-refractivity contribution in [2.24, 2.45) is 0 Å². The van der Waals surface area contributed by atoms with Crippen LogP contribution in [0.2, 0.25) is 0 Å². The molecule has 0 saturated heterocycles. The Morgan fingerprint density at radius 2 is 2.00 bits per heavy atom. The number of rotatable bonds is 3. The van der Waals surface area contributed by atoms with Crippen LogP contribution in [0.1, 0.15) is 29.2 Å². The Kier molecular flexibility index (Phi) is 3.64. The third-order valence-corrected chi connectivity index (χ3v) is 4.26. The smallest absolute Gasteiger partial charge is 0.233 e. The highest BCUT2D eigenvalue weighted by atomic mass is 16.5. The first kappa shape index (κ1) is 15.3. The summed E-state index contributed by atoms with van der Waals surface area (Å²) in [6, 6.07) is 7.31. The molecule has 0 fully saturated rings. The van der Waals surface area contributed by atoms with Gasteiger partial charge in [0.1, 0.15) is 5.82 Å². The van der Waals surface area contributed by atoms with E-state index >= 15 is 0 Å². The molecule has 1 aliphatic heterocycles. The molecule has 0 aromatic carbocycles. The highest BCUT2D eigenvalue weighted by Gasteiger charge is 2.32. The average Bonchev–Trinajstić information content (AvgIpc) is 2.98. The Labute approximate surface area is 143 Å². The Balaban J connectivity index is 1.84. The number of carbonyl (C=O) groups excluding carboxylic acids is 1. The molecular formula is C17H16N6O2. The number of ether oxygens (including phenoxy) is 1. The van der Waals surface area contributed by atoms with Gasteiger partial charge in [-0.2, -0.15) is 9.78 Å². The van der Waals surface area contributed by atoms with Gasteiger partial charge in [-0.25, -0.2) is 0 Å². The third-order valence-electron chi connectivity index (χ3n) is 4.26. The molecule has 1 amide bonds. The molecule has 0 aliphatic carbocycles. The Morgan fingerprint density at radius 3 is 2.68 bits per heavy atom. The lowest BCUT2D eigenvalue weighted by Crippen LogP contribution is -2.25. The van der Waals surface area contributed by atoms with Crippen molar-refractivity contribution in [1.82, 2.24) is 25.0 Å². The summed E-state index contributed by atoms with van der Waals surface area (Å²) in [6.45, 7) is 1.93. The molecule has 3 aromatic heterocycles. The van der Waals surface area contributed by atoms with Crippen LogP contribution in [0.5, 0.6) is 5.88 Å². The van der Waals surface area contributed by atoms with E-state index in [4.69, 9.17) is 4.74 Å². The van der Waals surface area contributed by atoms with Crippen LogP contribution >= 0.6 is 0 Å². The van der Waals surface area contributed by atoms with Crippen molar-refractivity contribution in [3.63, 3.8) is 0 Å². The van der Waals surface area contributed by atoms with E-state index in [1.807, 2.05) is 19.1 Å². The van der Waals surface area contributed by atoms with E-state index in [-0.39, 0.29) is 11.8 Å². The largest absolute Gasteiger partial charge is 0.480 e. The second-order valence-corrected chi connectivity index (χ2v) is 5.78. The lowest BCUT2D eigenvalue weighted by Gasteiger charge is -2.24. The summed E-state index contributed by atoms with van der Waals surface area (Å²) in [5.74, 6) is 1.44. The number of aryl methyl sites for hydroxylation is 1. The van der Waals surface area contributed by atoms with Crippen molar-refractivity contribution in [1.29, 1.82) is 0 Å². The molecule has 8 heteroatoms. The summed E-state index contributed by atoms with van der Waals surface area (Å²) in [5.41, 5.74) is 2.87. The fraction of sp³-hybridized carbons (Fsp3) is 0.235. The zero-order valence-corrected chi connectivity index (χ0v) is 13.8. The third kappa shape index (κ3) is 2.61. The van der Waals surface area contributed by atoms with Gasteiger partial charge in [0.2, 0.25) is 11.8 Å². The maximum Gasteiger partial charge on any atom is 0.233 e. The molecule has 4 rings (SSSR count). The topological polar surface area (TPSA) is 94.8 Å². The second-order valence-electron chi connectivity index (χ2n) is 5.78. The summed E-state index contributed by atoms with van der Waals surface area (Å²) in [4.78, 5) is 16.3. The first-order valence-corrected chi connectivity index (χ1v) is 7.84. The number of aromatic nitrogens is 5. The predicted molar refractivity (Wildman–Crippen MR) is 89.8 cm³/mol. The number of pyridine rings is 1. The molecule has 1 N–H and O–H groups in total. The van der Waals surface area contributed by atoms with Gasteiger partial charge in [0.25, 0.3) is 0 Å². The number of nitrogens with one attached hydrogen (secondary N) is 1. The number of methoxy groups -OCH3 is 1. The summed E-state index contributed by atoms with van der Waals surface area (Å²) in [7, 11) is 1.53. The normalized spacial score (nSPS) is 16.2. The Bertz CT molecular complexity index is 920. The molecule has 0 saturated carbocycles. The number of hydrogen-bond donors (Lipinski definition) is 1. The van der Waals surface area contributed by atoms with Crippen molar-refractivity contribution < 1.29 is 9.53 Å². The highest BCUT2D eigenvalue weighted by Crippen LogP contribution is 2.39. The van der Waals surface area contributed by atoms with Crippen molar-refractivity contribution >= 4 is 11.7 Å². The van der Waals surface area contributed by atoms with Gasteiger partial charge in [0.05, 0.1) is 12.8 Å². The fourth-order valence-electron chi connectivity index (χ4n) is 3.13. The van der Waals surface area contributed by atoms with Crippen LogP contribution in [0.25, 0.3) is 5.82 Å². The van der Waals surface area contributed by atoms with Gasteiger partial charge in [-0.1, -0.05) is 0 Å². The number of nitrogens with zero attached hydrogens (tertiary/aromatic N) is 5. The van der Waals surface area contributed by atoms with Crippen molar-refractivity contribution in [3.05, 3.63) is 53.5 Å². The minimum absolute atomic E-state index is 0.0584. The molecule has 25 heavy (non-hydrogen) atoms. The monoisotopic (exact) mass is 336 g/mol. The van der Waals surface area contributed by atoms with E-state index < -0.39 is 0 Å². The molecule has 0 bridgehead atoms. The second kappa shape index (κ2) is 5.97. The van der Waals surface area contributed by atoms with Crippen LogP contribution < -0.4 is 10.1 Å². The van der Waals surface area contributed by atoms with Gasteiger partial charge < -0.3 is 10.1 Å². The standard InChI is InChI=1S/C17H16N6O2/c1-10-16-12(11-5-7-18-8-6-11)9-14(24)19-17(16)23(22-10)13-3-4-15(25-2)21-20-13/h3-8,12H,9H2,1-2H3,(H,19,24)/t12-/m1/s1. The minimum Gasteiger partial charge on any atom is -0.480 e. The van der Waals surface area contributed by atoms with Gasteiger partial charge in [0.15, 0.2) is 5.82 Å². The van der Waals surface area contributed by atoms with Gasteiger partial charge in [0, 0.05) is 36.4 Å². The number of anilines is 1. The zero-order valence-electron chi connectivity index (χ0n) is 13.8. The molecule has 0 radical (unpaired) electrons. The maximum atomic E-state index is 12.3. The number of fused-ring (bicyclic) bond motifs is 1. The molecule has 126 valence electrons. The maximum absolute atomic E-state index is 12.3. The van der Waals surface area contributed by atoms with Crippen LogP contribution in [0.3, 0.4) is 0 Å². The van der Waals surface area contributed by atoms with E-state index in [9.17, 15) is 4.79 Å². The van der Waals surface area contributed by atoms with Gasteiger partial charge in [-0.3, -0.25) is 9.78 Å². The molecule has 1 aliphatic rings. The lowest BCUT2D eigenvalue weighted by molar-refractivity contribution is -0.116. The fourth-order valence-corrected chi connectivity index (χ4v) is 3.13. The van der Waals surface area contributed by atoms with E-state index in [0.717, 1.165) is 16.8 Å². The van der Waals surface area contributed by atoms with Crippen LogP contribution in [0.4, 0.5) is 5.82 Å². The zero-order chi connectivity index (χ0) is 17.4. The number of hydrogen-bond acceptors (Lipinski definition) is 6. The molecule has 0 unspecified atom stereocenters. The van der Waals surface area contributed by atoms with E-state index in [2.05, 4.69) is 25.6 Å². The van der Waals surface area contributed by atoms with Gasteiger partial charge in [-0.15, -0.1) is 10.2 Å². The first-order chi connectivity index (χ1) is 12.2. The Morgan fingerprint density at radius 1 is 1.20 bits per heavy atom. The first-order valence-electron chi connectivity index (χ1n) is 7.84. The van der Waals surface area contributed by atoms with Crippen molar-refractivity contribution in [2.45, 2.75) is 19.3 Å². The van der Waals surface area contributed by atoms with Crippen molar-refractivity contribution in [3.8, 4) is 11.7 Å². The van der Waals surface area contributed by atoms with Gasteiger partial charge in [-0.05, 0) is 30.7 Å². The summed E-state index contributed by atoms with van der Waals surface area (Å²) >= 11 is 0. The molecule has 3 aromatic rings. The number of amides is 1. The Hall–Kier alpha value is -3.29. The van der Waals surface area contributed by atoms with Crippen LogP contribution in [-0.4, -0.2) is 38.0 Å². The van der Waals surface area contributed by atoms with E-state index in [0.29, 0.717) is 23.9 Å². The average molecular weight is 336 g/mol. The van der Waals surface area contributed by atoms with E-state index in [1.165, 1.54) is 7.11 Å². The molecular weight excluding hydrogens is 320 g/mol. The summed E-state index contributed by atoms with van der Waals surface area (Å²) < 4.78 is 6.65. The van der Waals surface area contributed by atoms with Gasteiger partial charge >= 0.3 is 0 Å². The van der Waals surface area contributed by atoms with Crippen LogP contribution in [0.15, 0.2) is 36.7 Å². The predicted octanol–water partition coefficient (Wildman–Crippen LogP) is 1.85. The molecule has 0 spiro atoms. The molecule has 1 atom stereocenters. The molecule has 4 heterocycles.